The van der Waals surface area contributed by atoms with E-state index in [1.54, 1.807) is 19.2 Å². The maximum Gasteiger partial charge on any atom is 0.325 e. The zero-order chi connectivity index (χ0) is 24.6. The van der Waals surface area contributed by atoms with Gasteiger partial charge in [0.25, 0.3) is 5.91 Å². The van der Waals surface area contributed by atoms with Gasteiger partial charge in [0.1, 0.15) is 12.6 Å². The van der Waals surface area contributed by atoms with Crippen molar-refractivity contribution in [3.05, 3.63) is 59.8 Å². The lowest BCUT2D eigenvalue weighted by atomic mass is 10.1. The fourth-order valence-corrected chi connectivity index (χ4v) is 4.75. The van der Waals surface area contributed by atoms with Crippen LogP contribution in [0.15, 0.2) is 53.6 Å². The summed E-state index contributed by atoms with van der Waals surface area (Å²) in [6.07, 6.45) is 2.09. The van der Waals surface area contributed by atoms with Gasteiger partial charge in [0.15, 0.2) is 0 Å². The Labute approximate surface area is 197 Å². The molecule has 2 aromatic carbocycles. The number of hydrogen-bond acceptors (Lipinski definition) is 5. The van der Waals surface area contributed by atoms with Crippen LogP contribution < -0.4 is 10.6 Å². The SMILES string of the molecule is Cc1ccc(S(=O)(=O)N(C)C)cc1NC(=O)CN1C(=O)N[C@@H](Cc2c[nH]c3ccccc23)C1=O. The Kier molecular flexibility index (Phi) is 6.15. The Morgan fingerprint density at radius 3 is 2.62 bits per heavy atom. The molecule has 4 rings (SSSR count). The third-order valence-corrected chi connectivity index (χ3v) is 7.58. The average Bonchev–Trinajstić information content (AvgIpc) is 3.31. The van der Waals surface area contributed by atoms with E-state index >= 15 is 0 Å². The van der Waals surface area contributed by atoms with Crippen molar-refractivity contribution in [1.82, 2.24) is 19.5 Å². The number of hydrogen-bond donors (Lipinski definition) is 3. The van der Waals surface area contributed by atoms with E-state index in [2.05, 4.69) is 15.6 Å². The van der Waals surface area contributed by atoms with Gasteiger partial charge in [0.05, 0.1) is 4.90 Å². The molecule has 1 aliphatic heterocycles. The second-order valence-electron chi connectivity index (χ2n) is 8.30. The second kappa shape index (κ2) is 8.92. The molecule has 178 valence electrons. The van der Waals surface area contributed by atoms with E-state index in [0.717, 1.165) is 25.7 Å². The van der Waals surface area contributed by atoms with Crippen molar-refractivity contribution in [3.63, 3.8) is 0 Å². The first-order valence-electron chi connectivity index (χ1n) is 10.6. The minimum atomic E-state index is -3.69. The molecule has 0 unspecified atom stereocenters. The Morgan fingerprint density at radius 2 is 1.88 bits per heavy atom. The van der Waals surface area contributed by atoms with Crippen molar-refractivity contribution < 1.29 is 22.8 Å². The van der Waals surface area contributed by atoms with Crippen LogP contribution in [0.3, 0.4) is 0 Å². The summed E-state index contributed by atoms with van der Waals surface area (Å²) in [5.74, 6) is -1.11. The third-order valence-electron chi connectivity index (χ3n) is 5.77. The van der Waals surface area contributed by atoms with Gasteiger partial charge in [0.2, 0.25) is 15.9 Å². The molecule has 1 atom stereocenters. The van der Waals surface area contributed by atoms with Gasteiger partial charge in [-0.2, -0.15) is 0 Å². The summed E-state index contributed by atoms with van der Waals surface area (Å²) in [4.78, 5) is 42.0. The molecule has 0 spiro atoms. The quantitative estimate of drug-likeness (QED) is 0.441. The molecule has 1 fully saturated rings. The Morgan fingerprint density at radius 1 is 1.15 bits per heavy atom. The van der Waals surface area contributed by atoms with Crippen molar-refractivity contribution in [2.24, 2.45) is 0 Å². The van der Waals surface area contributed by atoms with E-state index in [-0.39, 0.29) is 17.0 Å². The van der Waals surface area contributed by atoms with Crippen LogP contribution in [0.25, 0.3) is 10.9 Å². The van der Waals surface area contributed by atoms with E-state index in [9.17, 15) is 22.8 Å². The third kappa shape index (κ3) is 4.39. The fraction of sp³-hybridized carbons (Fsp3) is 0.261. The van der Waals surface area contributed by atoms with Crippen molar-refractivity contribution in [1.29, 1.82) is 0 Å². The van der Waals surface area contributed by atoms with Gasteiger partial charge in [0, 0.05) is 43.3 Å². The number of rotatable bonds is 7. The molecule has 34 heavy (non-hydrogen) atoms. The number of nitrogens with zero attached hydrogens (tertiary/aromatic N) is 2. The molecule has 11 heteroatoms. The maximum atomic E-state index is 12.9. The predicted molar refractivity (Wildman–Crippen MR) is 127 cm³/mol. The molecule has 0 saturated carbocycles. The van der Waals surface area contributed by atoms with Crippen LogP contribution in [0.1, 0.15) is 11.1 Å². The van der Waals surface area contributed by atoms with E-state index < -0.39 is 40.5 Å². The molecular weight excluding hydrogens is 458 g/mol. The number of para-hydroxylation sites is 1. The molecule has 2 heterocycles. The molecular formula is C23H25N5O5S. The summed E-state index contributed by atoms with van der Waals surface area (Å²) in [5, 5.41) is 6.21. The van der Waals surface area contributed by atoms with Crippen LogP contribution in [-0.2, 0) is 26.0 Å². The van der Waals surface area contributed by atoms with Crippen molar-refractivity contribution in [2.75, 3.05) is 26.0 Å². The molecule has 1 aromatic heterocycles. The molecule has 1 aliphatic rings. The van der Waals surface area contributed by atoms with Gasteiger partial charge in [-0.05, 0) is 36.2 Å². The van der Waals surface area contributed by atoms with Crippen molar-refractivity contribution in [3.8, 4) is 0 Å². The smallest absolute Gasteiger partial charge is 0.325 e. The van der Waals surface area contributed by atoms with E-state index in [4.69, 9.17) is 0 Å². The number of sulfonamides is 1. The monoisotopic (exact) mass is 483 g/mol. The number of H-pyrrole nitrogens is 1. The molecule has 4 amide bonds. The Hall–Kier alpha value is -3.70. The zero-order valence-corrected chi connectivity index (χ0v) is 19.8. The van der Waals surface area contributed by atoms with E-state index in [0.29, 0.717) is 5.56 Å². The molecule has 0 aliphatic carbocycles. The number of aryl methyl sites for hydroxylation is 1. The number of anilines is 1. The fourth-order valence-electron chi connectivity index (χ4n) is 3.83. The number of carbonyl (C=O) groups excluding carboxylic acids is 3. The second-order valence-corrected chi connectivity index (χ2v) is 10.5. The highest BCUT2D eigenvalue weighted by Gasteiger charge is 2.39. The highest BCUT2D eigenvalue weighted by Crippen LogP contribution is 2.23. The number of fused-ring (bicyclic) bond motifs is 1. The number of nitrogens with one attached hydrogen (secondary N) is 3. The summed E-state index contributed by atoms with van der Waals surface area (Å²) >= 11 is 0. The lowest BCUT2D eigenvalue weighted by Gasteiger charge is -2.16. The molecule has 0 radical (unpaired) electrons. The van der Waals surface area contributed by atoms with Crippen LogP contribution in [0.2, 0.25) is 0 Å². The summed E-state index contributed by atoms with van der Waals surface area (Å²) < 4.78 is 25.9. The molecule has 3 aromatic rings. The van der Waals surface area contributed by atoms with Crippen LogP contribution in [0.4, 0.5) is 10.5 Å². The summed E-state index contributed by atoms with van der Waals surface area (Å²) in [7, 11) is -0.860. The van der Waals surface area contributed by atoms with Gasteiger partial charge >= 0.3 is 6.03 Å². The van der Waals surface area contributed by atoms with Crippen LogP contribution in [0, 0.1) is 6.92 Å². The maximum absolute atomic E-state index is 12.9. The Balaban J connectivity index is 1.45. The largest absolute Gasteiger partial charge is 0.361 e. The van der Waals surface area contributed by atoms with Crippen molar-refractivity contribution >= 4 is 44.5 Å². The lowest BCUT2D eigenvalue weighted by Crippen LogP contribution is -2.38. The summed E-state index contributed by atoms with van der Waals surface area (Å²) in [5.41, 5.74) is 2.74. The topological polar surface area (TPSA) is 132 Å². The van der Waals surface area contributed by atoms with Crippen LogP contribution in [0.5, 0.6) is 0 Å². The lowest BCUT2D eigenvalue weighted by molar-refractivity contribution is -0.130. The molecule has 1 saturated heterocycles. The summed E-state index contributed by atoms with van der Waals surface area (Å²) in [6, 6.07) is 10.6. The number of imide groups is 1. The Bertz CT molecular complexity index is 1400. The van der Waals surface area contributed by atoms with Crippen LogP contribution in [-0.4, -0.2) is 67.1 Å². The highest BCUT2D eigenvalue weighted by molar-refractivity contribution is 7.89. The minimum absolute atomic E-state index is 0.0205. The minimum Gasteiger partial charge on any atom is -0.361 e. The first kappa shape index (κ1) is 23.5. The van der Waals surface area contributed by atoms with E-state index in [1.165, 1.54) is 26.2 Å². The number of aromatic amines is 1. The number of carbonyl (C=O) groups is 3. The zero-order valence-electron chi connectivity index (χ0n) is 19.0. The number of amides is 4. The number of aromatic nitrogens is 1. The van der Waals surface area contributed by atoms with Crippen LogP contribution >= 0.6 is 0 Å². The molecule has 0 bridgehead atoms. The number of urea groups is 1. The van der Waals surface area contributed by atoms with Gasteiger partial charge in [-0.15, -0.1) is 0 Å². The standard InChI is InChI=1S/C23H25N5O5S/c1-14-8-9-16(34(32,33)27(2)3)11-19(14)25-21(29)13-28-22(30)20(26-23(28)31)10-15-12-24-18-7-5-4-6-17(15)18/h4-9,11-12,20,24H,10,13H2,1-3H3,(H,25,29)(H,26,31)/t20-/m0/s1. The van der Waals surface area contributed by atoms with Gasteiger partial charge in [-0.1, -0.05) is 24.3 Å². The highest BCUT2D eigenvalue weighted by atomic mass is 32.2. The molecule has 3 N–H and O–H groups in total. The van der Waals surface area contributed by atoms with Crippen molar-refractivity contribution in [2.45, 2.75) is 24.3 Å². The number of benzene rings is 2. The normalized spacial score (nSPS) is 16.4. The van der Waals surface area contributed by atoms with Gasteiger partial charge in [-0.25, -0.2) is 17.5 Å². The first-order valence-corrected chi connectivity index (χ1v) is 12.0. The van der Waals surface area contributed by atoms with Gasteiger partial charge in [-0.3, -0.25) is 14.5 Å². The predicted octanol–water partition coefficient (Wildman–Crippen LogP) is 1.83. The first-order chi connectivity index (χ1) is 16.1. The average molecular weight is 484 g/mol. The van der Waals surface area contributed by atoms with E-state index in [1.807, 2.05) is 24.3 Å². The summed E-state index contributed by atoms with van der Waals surface area (Å²) in [6.45, 7) is 1.23. The van der Waals surface area contributed by atoms with Gasteiger partial charge < -0.3 is 15.6 Å². The molecule has 10 nitrogen and oxygen atoms in total.